The number of nitrogens with one attached hydrogen (secondary N) is 1. The Morgan fingerprint density at radius 3 is 2.59 bits per heavy atom. The molecular formula is C11H14ClN3O2. The van der Waals surface area contributed by atoms with Gasteiger partial charge in [-0.1, -0.05) is 17.7 Å². The van der Waals surface area contributed by atoms with Crippen molar-refractivity contribution in [3.05, 3.63) is 34.7 Å². The summed E-state index contributed by atoms with van der Waals surface area (Å²) in [5.41, 5.74) is 1.72. The highest BCUT2D eigenvalue weighted by Crippen LogP contribution is 2.10. The van der Waals surface area contributed by atoms with Gasteiger partial charge in [-0.2, -0.15) is 5.01 Å². The lowest BCUT2D eigenvalue weighted by molar-refractivity contribution is 0.213. The third kappa shape index (κ3) is 4.40. The fraction of sp³-hybridized carbons (Fsp3) is 0.364. The number of hydrogen-bond donors (Lipinski definition) is 1. The van der Waals surface area contributed by atoms with Gasteiger partial charge in [-0.3, -0.25) is 0 Å². The molecule has 0 spiro atoms. The van der Waals surface area contributed by atoms with Gasteiger partial charge in [0, 0.05) is 11.6 Å². The number of aryl methyl sites for hydroxylation is 1. The first kappa shape index (κ1) is 13.4. The normalized spacial score (nSPS) is 9.76. The maximum atomic E-state index is 11.6. The molecule has 17 heavy (non-hydrogen) atoms. The van der Waals surface area contributed by atoms with Crippen LogP contribution in [0.1, 0.15) is 12.0 Å². The summed E-state index contributed by atoms with van der Waals surface area (Å²) < 4.78 is 0. The monoisotopic (exact) mass is 255 g/mol. The van der Waals surface area contributed by atoms with Crippen molar-refractivity contribution in [3.63, 3.8) is 0 Å². The summed E-state index contributed by atoms with van der Waals surface area (Å²) in [6.45, 7) is 2.16. The molecule has 0 bridgehead atoms. The summed E-state index contributed by atoms with van der Waals surface area (Å²) >= 11 is 5.48. The van der Waals surface area contributed by atoms with Gasteiger partial charge in [0.2, 0.25) is 0 Å². The van der Waals surface area contributed by atoms with E-state index in [0.29, 0.717) is 18.0 Å². The highest BCUT2D eigenvalue weighted by molar-refractivity contribution is 6.17. The second-order valence-corrected chi connectivity index (χ2v) is 3.92. The molecule has 2 amide bonds. The Bertz CT molecular complexity index is 381. The topological polar surface area (TPSA) is 61.8 Å². The molecule has 0 saturated heterocycles. The van der Waals surface area contributed by atoms with E-state index in [2.05, 4.69) is 10.6 Å². The number of nitrogens with zero attached hydrogens (tertiary/aromatic N) is 2. The Morgan fingerprint density at radius 1 is 1.41 bits per heavy atom. The van der Waals surface area contributed by atoms with Crippen LogP contribution in [0, 0.1) is 11.8 Å². The predicted octanol–water partition coefficient (Wildman–Crippen LogP) is 3.14. The van der Waals surface area contributed by atoms with Gasteiger partial charge >= 0.3 is 6.03 Å². The molecule has 0 unspecified atom stereocenters. The molecule has 0 aromatic heterocycles. The Labute approximate surface area is 105 Å². The molecule has 92 valence electrons. The zero-order valence-electron chi connectivity index (χ0n) is 9.52. The number of nitroso groups, excluding NO2 is 1. The molecule has 0 fully saturated rings. The molecule has 0 aliphatic rings. The van der Waals surface area contributed by atoms with E-state index in [-0.39, 0.29) is 6.54 Å². The lowest BCUT2D eigenvalue weighted by atomic mass is 10.2. The third-order valence-electron chi connectivity index (χ3n) is 2.14. The molecule has 1 aromatic carbocycles. The summed E-state index contributed by atoms with van der Waals surface area (Å²) in [6, 6.07) is 6.71. The van der Waals surface area contributed by atoms with Crippen molar-refractivity contribution < 1.29 is 4.79 Å². The van der Waals surface area contributed by atoms with Crippen molar-refractivity contribution >= 4 is 23.3 Å². The van der Waals surface area contributed by atoms with Crippen LogP contribution in [0.2, 0.25) is 0 Å². The van der Waals surface area contributed by atoms with E-state index < -0.39 is 6.03 Å². The van der Waals surface area contributed by atoms with E-state index in [1.165, 1.54) is 0 Å². The predicted molar refractivity (Wildman–Crippen MR) is 68.0 cm³/mol. The molecule has 0 heterocycles. The lowest BCUT2D eigenvalue weighted by Crippen LogP contribution is -2.31. The van der Waals surface area contributed by atoms with Gasteiger partial charge in [-0.05, 0) is 25.5 Å². The van der Waals surface area contributed by atoms with E-state index in [4.69, 9.17) is 11.6 Å². The van der Waals surface area contributed by atoms with Crippen LogP contribution in [0.15, 0.2) is 29.6 Å². The first-order chi connectivity index (χ1) is 8.17. The molecule has 0 saturated carbocycles. The number of benzene rings is 1. The van der Waals surface area contributed by atoms with Crippen molar-refractivity contribution in [1.82, 2.24) is 5.01 Å². The quantitative estimate of drug-likeness (QED) is 0.499. The highest BCUT2D eigenvalue weighted by Gasteiger charge is 2.13. The van der Waals surface area contributed by atoms with Crippen LogP contribution < -0.4 is 5.32 Å². The van der Waals surface area contributed by atoms with Gasteiger partial charge in [-0.15, -0.1) is 16.5 Å². The summed E-state index contributed by atoms with van der Waals surface area (Å²) in [5.74, 6) is 0.379. The number of amides is 2. The Kier molecular flexibility index (Phi) is 5.42. The van der Waals surface area contributed by atoms with Gasteiger partial charge in [0.25, 0.3) is 0 Å². The van der Waals surface area contributed by atoms with E-state index in [9.17, 15) is 9.70 Å². The first-order valence-electron chi connectivity index (χ1n) is 5.22. The molecule has 0 aliphatic heterocycles. The number of alkyl halides is 1. The van der Waals surface area contributed by atoms with Crippen LogP contribution in [-0.2, 0) is 0 Å². The number of halogens is 1. The second-order valence-electron chi connectivity index (χ2n) is 3.54. The van der Waals surface area contributed by atoms with Gasteiger partial charge < -0.3 is 5.32 Å². The average Bonchev–Trinajstić information content (AvgIpc) is 2.33. The summed E-state index contributed by atoms with van der Waals surface area (Å²) in [6.07, 6.45) is 0.522. The SMILES string of the molecule is Cc1ccc(NC(=O)N(CCCCl)N=O)cc1. The van der Waals surface area contributed by atoms with Crippen LogP contribution in [-0.4, -0.2) is 23.5 Å². The number of anilines is 1. The Morgan fingerprint density at radius 2 is 2.06 bits per heavy atom. The Balaban J connectivity index is 2.57. The fourth-order valence-electron chi connectivity index (χ4n) is 1.21. The summed E-state index contributed by atoms with van der Waals surface area (Å²) in [4.78, 5) is 22.1. The molecule has 1 rings (SSSR count). The number of urea groups is 1. The van der Waals surface area contributed by atoms with Crippen LogP contribution in [0.3, 0.4) is 0 Å². The number of carbonyl (C=O) groups excluding carboxylic acids is 1. The van der Waals surface area contributed by atoms with Gasteiger partial charge in [-0.25, -0.2) is 4.79 Å². The largest absolute Gasteiger partial charge is 0.344 e. The molecule has 6 heteroatoms. The minimum Gasteiger partial charge on any atom is -0.306 e. The van der Waals surface area contributed by atoms with Gasteiger partial charge in [0.15, 0.2) is 0 Å². The number of hydrogen-bond acceptors (Lipinski definition) is 3. The molecule has 0 atom stereocenters. The van der Waals surface area contributed by atoms with Crippen molar-refractivity contribution in [2.24, 2.45) is 5.29 Å². The van der Waals surface area contributed by atoms with Crippen LogP contribution in [0.4, 0.5) is 10.5 Å². The summed E-state index contributed by atoms with van der Waals surface area (Å²) in [5, 5.41) is 6.05. The van der Waals surface area contributed by atoms with E-state index in [1.54, 1.807) is 12.1 Å². The zero-order valence-corrected chi connectivity index (χ0v) is 10.3. The molecule has 0 aliphatic carbocycles. The first-order valence-corrected chi connectivity index (χ1v) is 5.75. The molecule has 1 N–H and O–H groups in total. The minimum atomic E-state index is -0.547. The Hall–Kier alpha value is -1.62. The summed E-state index contributed by atoms with van der Waals surface area (Å²) in [7, 11) is 0. The number of rotatable bonds is 5. The highest BCUT2D eigenvalue weighted by atomic mass is 35.5. The van der Waals surface area contributed by atoms with Crippen LogP contribution >= 0.6 is 11.6 Å². The standard InChI is InChI=1S/C11H14ClN3O2/c1-9-3-5-10(6-4-9)13-11(16)15(14-17)8-2-7-12/h3-6H,2,7-8H2,1H3,(H,13,16). The van der Waals surface area contributed by atoms with Crippen molar-refractivity contribution in [1.29, 1.82) is 0 Å². The average molecular weight is 256 g/mol. The maximum absolute atomic E-state index is 11.6. The van der Waals surface area contributed by atoms with Crippen molar-refractivity contribution in [3.8, 4) is 0 Å². The second kappa shape index (κ2) is 6.85. The van der Waals surface area contributed by atoms with E-state index >= 15 is 0 Å². The van der Waals surface area contributed by atoms with Crippen LogP contribution in [0.25, 0.3) is 0 Å². The van der Waals surface area contributed by atoms with Gasteiger partial charge in [0.05, 0.1) is 11.8 Å². The zero-order chi connectivity index (χ0) is 12.7. The number of carbonyl (C=O) groups is 1. The van der Waals surface area contributed by atoms with Crippen molar-refractivity contribution in [2.45, 2.75) is 13.3 Å². The lowest BCUT2D eigenvalue weighted by Gasteiger charge is -2.13. The smallest absolute Gasteiger partial charge is 0.306 e. The molecule has 1 aromatic rings. The molecule has 0 radical (unpaired) electrons. The minimum absolute atomic E-state index is 0.213. The van der Waals surface area contributed by atoms with Gasteiger partial charge in [0.1, 0.15) is 0 Å². The van der Waals surface area contributed by atoms with Crippen LogP contribution in [0.5, 0.6) is 0 Å². The maximum Gasteiger partial charge on any atom is 0.344 e. The molecular weight excluding hydrogens is 242 g/mol. The van der Waals surface area contributed by atoms with E-state index in [0.717, 1.165) is 10.6 Å². The van der Waals surface area contributed by atoms with E-state index in [1.807, 2.05) is 19.1 Å². The molecule has 5 nitrogen and oxygen atoms in total. The van der Waals surface area contributed by atoms with Crippen molar-refractivity contribution in [2.75, 3.05) is 17.7 Å². The third-order valence-corrected chi connectivity index (χ3v) is 2.41. The fourth-order valence-corrected chi connectivity index (χ4v) is 1.33.